The fourth-order valence-corrected chi connectivity index (χ4v) is 5.86. The molecule has 37 heavy (non-hydrogen) atoms. The highest BCUT2D eigenvalue weighted by molar-refractivity contribution is 6.35. The number of halogens is 3. The van der Waals surface area contributed by atoms with Gasteiger partial charge in [0.25, 0.3) is 0 Å². The molecule has 1 atom stereocenters. The summed E-state index contributed by atoms with van der Waals surface area (Å²) in [6.45, 7) is 7.08. The van der Waals surface area contributed by atoms with Crippen molar-refractivity contribution < 1.29 is 9.90 Å². The van der Waals surface area contributed by atoms with Crippen LogP contribution in [-0.2, 0) is 24.3 Å². The summed E-state index contributed by atoms with van der Waals surface area (Å²) in [7, 11) is 0. The molecule has 1 fully saturated rings. The number of carbonyl (C=O) groups is 1. The molecule has 7 nitrogen and oxygen atoms in total. The van der Waals surface area contributed by atoms with Crippen LogP contribution in [0.5, 0.6) is 0 Å². The number of rotatable bonds is 6. The fourth-order valence-electron chi connectivity index (χ4n) is 5.22. The monoisotopic (exact) mass is 561 g/mol. The molecule has 0 spiro atoms. The van der Waals surface area contributed by atoms with Gasteiger partial charge in [0.2, 0.25) is 5.91 Å². The molecular weight excluding hydrogens is 533 g/mol. The lowest BCUT2D eigenvalue weighted by atomic mass is 10.0. The quantitative estimate of drug-likeness (QED) is 0.476. The number of amides is 1. The molecule has 1 saturated heterocycles. The number of anilines is 1. The summed E-state index contributed by atoms with van der Waals surface area (Å²) in [6, 6.07) is 13.2. The number of benzene rings is 2. The lowest BCUT2D eigenvalue weighted by Crippen LogP contribution is -2.49. The second kappa shape index (κ2) is 11.2. The third-order valence-electron chi connectivity index (χ3n) is 7.13. The van der Waals surface area contributed by atoms with Gasteiger partial charge in [0, 0.05) is 96.7 Å². The Kier molecular flexibility index (Phi) is 7.98. The highest BCUT2D eigenvalue weighted by Gasteiger charge is 2.28. The number of fused-ring (bicyclic) bond motifs is 1. The van der Waals surface area contributed by atoms with Gasteiger partial charge < -0.3 is 14.9 Å². The van der Waals surface area contributed by atoms with E-state index in [2.05, 4.69) is 9.80 Å². The summed E-state index contributed by atoms with van der Waals surface area (Å²) in [5.74, 6) is 0.0553. The Morgan fingerprint density at radius 1 is 0.946 bits per heavy atom. The summed E-state index contributed by atoms with van der Waals surface area (Å²) in [6.07, 6.45) is 0.142. The van der Waals surface area contributed by atoms with Gasteiger partial charge in [-0.1, -0.05) is 46.9 Å². The molecule has 10 heteroatoms. The molecule has 2 aromatic carbocycles. The van der Waals surface area contributed by atoms with Crippen LogP contribution in [0.15, 0.2) is 42.5 Å². The molecule has 0 radical (unpaired) electrons. The molecule has 0 aliphatic carbocycles. The van der Waals surface area contributed by atoms with E-state index in [0.29, 0.717) is 47.7 Å². The van der Waals surface area contributed by atoms with Crippen LogP contribution < -0.4 is 4.90 Å². The molecule has 196 valence electrons. The van der Waals surface area contributed by atoms with Crippen LogP contribution in [0.1, 0.15) is 18.2 Å². The molecule has 5 rings (SSSR count). The summed E-state index contributed by atoms with van der Waals surface area (Å²) >= 11 is 18.5. The maximum atomic E-state index is 12.1. The van der Waals surface area contributed by atoms with E-state index >= 15 is 0 Å². The van der Waals surface area contributed by atoms with Gasteiger partial charge in [-0.2, -0.15) is 5.10 Å². The van der Waals surface area contributed by atoms with Crippen LogP contribution in [0.4, 0.5) is 5.69 Å². The zero-order valence-electron chi connectivity index (χ0n) is 20.7. The fraction of sp³-hybridized carbons (Fsp3) is 0.407. The van der Waals surface area contributed by atoms with Gasteiger partial charge in [-0.3, -0.25) is 14.4 Å². The minimum Gasteiger partial charge on any atom is -0.390 e. The first kappa shape index (κ1) is 26.3. The van der Waals surface area contributed by atoms with E-state index in [1.54, 1.807) is 13.0 Å². The minimum absolute atomic E-state index is 0.0553. The van der Waals surface area contributed by atoms with Crippen molar-refractivity contribution >= 4 is 46.4 Å². The average Bonchev–Trinajstić information content (AvgIpc) is 3.21. The summed E-state index contributed by atoms with van der Waals surface area (Å²) in [5.41, 5.74) is 4.96. The predicted molar refractivity (Wildman–Crippen MR) is 149 cm³/mol. The van der Waals surface area contributed by atoms with Crippen LogP contribution in [0, 0.1) is 0 Å². The molecule has 2 aliphatic heterocycles. The van der Waals surface area contributed by atoms with Crippen LogP contribution in [-0.4, -0.2) is 76.0 Å². The Morgan fingerprint density at radius 2 is 1.62 bits per heavy atom. The van der Waals surface area contributed by atoms with E-state index in [9.17, 15) is 9.90 Å². The first-order valence-corrected chi connectivity index (χ1v) is 13.6. The third-order valence-corrected chi connectivity index (χ3v) is 7.82. The van der Waals surface area contributed by atoms with Gasteiger partial charge in [0.15, 0.2) is 0 Å². The third kappa shape index (κ3) is 6.07. The lowest BCUT2D eigenvalue weighted by Gasteiger charge is -2.37. The Morgan fingerprint density at radius 3 is 2.27 bits per heavy atom. The van der Waals surface area contributed by atoms with E-state index in [4.69, 9.17) is 39.9 Å². The van der Waals surface area contributed by atoms with Crippen molar-refractivity contribution in [2.24, 2.45) is 0 Å². The van der Waals surface area contributed by atoms with Crippen molar-refractivity contribution in [2.75, 3.05) is 44.2 Å². The highest BCUT2D eigenvalue weighted by Crippen LogP contribution is 2.31. The zero-order valence-corrected chi connectivity index (χ0v) is 23.0. The van der Waals surface area contributed by atoms with Crippen LogP contribution in [0.3, 0.4) is 0 Å². The van der Waals surface area contributed by atoms with Crippen LogP contribution in [0.25, 0.3) is 11.3 Å². The molecule has 0 saturated carbocycles. The molecule has 1 unspecified atom stereocenters. The van der Waals surface area contributed by atoms with Gasteiger partial charge in [-0.15, -0.1) is 0 Å². The van der Waals surface area contributed by atoms with E-state index < -0.39 is 6.10 Å². The Bertz CT molecular complexity index is 1250. The molecule has 3 aromatic rings. The van der Waals surface area contributed by atoms with E-state index in [-0.39, 0.29) is 5.91 Å². The smallest absolute Gasteiger partial charge is 0.219 e. The first-order valence-electron chi connectivity index (χ1n) is 12.5. The Labute approximate surface area is 232 Å². The SMILES string of the molecule is CC(=O)N1CCc2c(c(-c3ccc(Cl)cc3)nn2CC(O)CN2CCN(c3cc(Cl)cc(Cl)c3)CC2)C1. The maximum Gasteiger partial charge on any atom is 0.219 e. The second-order valence-corrected chi connectivity index (χ2v) is 11.0. The average molecular weight is 563 g/mol. The minimum atomic E-state index is -0.569. The van der Waals surface area contributed by atoms with Crippen LogP contribution in [0.2, 0.25) is 15.1 Å². The van der Waals surface area contributed by atoms with Gasteiger partial charge in [0.1, 0.15) is 0 Å². The standard InChI is InChI=1S/C27H30Cl3N5O2/c1-18(36)34-7-6-26-25(17-34)27(19-2-4-20(28)5-3-19)31-35(26)16-24(37)15-32-8-10-33(11-9-32)23-13-21(29)12-22(30)14-23/h2-5,12-14,24,37H,6-11,15-17H2,1H3. The van der Waals surface area contributed by atoms with Crippen molar-refractivity contribution in [1.29, 1.82) is 0 Å². The highest BCUT2D eigenvalue weighted by atomic mass is 35.5. The topological polar surface area (TPSA) is 64.8 Å². The largest absolute Gasteiger partial charge is 0.390 e. The van der Waals surface area contributed by atoms with Gasteiger partial charge in [-0.05, 0) is 30.3 Å². The summed E-state index contributed by atoms with van der Waals surface area (Å²) < 4.78 is 1.94. The molecule has 2 aliphatic rings. The van der Waals surface area contributed by atoms with E-state index in [0.717, 1.165) is 54.4 Å². The number of β-amino-alcohol motifs (C(OH)–C–C–N with tert-alkyl or cyclic N) is 1. The number of hydrogen-bond acceptors (Lipinski definition) is 5. The molecule has 0 bridgehead atoms. The summed E-state index contributed by atoms with van der Waals surface area (Å²) in [4.78, 5) is 18.5. The second-order valence-electron chi connectivity index (χ2n) is 9.72. The van der Waals surface area contributed by atoms with Crippen molar-refractivity contribution in [2.45, 2.75) is 32.5 Å². The number of aliphatic hydroxyl groups is 1. The van der Waals surface area contributed by atoms with Gasteiger partial charge >= 0.3 is 0 Å². The maximum absolute atomic E-state index is 12.1. The van der Waals surface area contributed by atoms with Gasteiger partial charge in [-0.25, -0.2) is 0 Å². The van der Waals surface area contributed by atoms with Crippen molar-refractivity contribution in [3.05, 3.63) is 68.8 Å². The Hall–Kier alpha value is -2.29. The van der Waals surface area contributed by atoms with Crippen molar-refractivity contribution in [1.82, 2.24) is 19.6 Å². The number of hydrogen-bond donors (Lipinski definition) is 1. The lowest BCUT2D eigenvalue weighted by molar-refractivity contribution is -0.129. The number of carbonyl (C=O) groups excluding carboxylic acids is 1. The van der Waals surface area contributed by atoms with Crippen molar-refractivity contribution in [3.8, 4) is 11.3 Å². The first-order chi connectivity index (χ1) is 17.8. The number of aromatic nitrogens is 2. The van der Waals surface area contributed by atoms with Crippen molar-refractivity contribution in [3.63, 3.8) is 0 Å². The predicted octanol–water partition coefficient (Wildman–Crippen LogP) is 4.60. The summed E-state index contributed by atoms with van der Waals surface area (Å²) in [5, 5.41) is 17.9. The van der Waals surface area contributed by atoms with Gasteiger partial charge in [0.05, 0.1) is 18.3 Å². The normalized spacial score (nSPS) is 17.1. The number of piperazine rings is 1. The Balaban J connectivity index is 1.27. The molecule has 1 aromatic heterocycles. The number of nitrogens with zero attached hydrogens (tertiary/aromatic N) is 5. The molecular formula is C27H30Cl3N5O2. The van der Waals surface area contributed by atoms with E-state index in [1.165, 1.54) is 0 Å². The zero-order chi connectivity index (χ0) is 26.1. The molecule has 1 N–H and O–H groups in total. The molecule has 1 amide bonds. The molecule has 3 heterocycles. The number of aliphatic hydroxyl groups excluding tert-OH is 1. The van der Waals surface area contributed by atoms with E-state index in [1.807, 2.05) is 46.0 Å². The van der Waals surface area contributed by atoms with Crippen LogP contribution >= 0.6 is 34.8 Å².